The third-order valence-corrected chi connectivity index (χ3v) is 4.49. The lowest BCUT2D eigenvalue weighted by Crippen LogP contribution is -2.43. The molecule has 1 aromatic heterocycles. The smallest absolute Gasteiger partial charge is 0.312 e. The number of aromatic nitrogens is 1. The monoisotopic (exact) mass is 333 g/mol. The second-order valence-corrected chi connectivity index (χ2v) is 7.24. The van der Waals surface area contributed by atoms with Crippen molar-refractivity contribution in [3.63, 3.8) is 0 Å². The first-order valence-corrected chi connectivity index (χ1v) is 8.36. The first-order chi connectivity index (χ1) is 10.7. The minimum Gasteiger partial charge on any atom is -0.346 e. The van der Waals surface area contributed by atoms with Gasteiger partial charge in [-0.1, -0.05) is 6.07 Å². The second kappa shape index (κ2) is 5.09. The van der Waals surface area contributed by atoms with Crippen molar-refractivity contribution in [1.29, 1.82) is 5.26 Å². The summed E-state index contributed by atoms with van der Waals surface area (Å²) < 4.78 is 37.4. The fourth-order valence-electron chi connectivity index (χ4n) is 2.59. The van der Waals surface area contributed by atoms with Gasteiger partial charge in [-0.2, -0.15) is 13.7 Å². The number of H-pyrrole nitrogens is 1. The van der Waals surface area contributed by atoms with E-state index in [2.05, 4.69) is 10.3 Å². The van der Waals surface area contributed by atoms with Crippen molar-refractivity contribution in [1.82, 2.24) is 4.98 Å². The van der Waals surface area contributed by atoms with Gasteiger partial charge in [0.05, 0.1) is 5.60 Å². The number of nitrogens with one attached hydrogen (secondary N) is 2. The maximum Gasteiger partial charge on any atom is 0.312 e. The van der Waals surface area contributed by atoms with Crippen LogP contribution < -0.4 is 5.32 Å². The molecule has 0 saturated heterocycles. The van der Waals surface area contributed by atoms with Crippen LogP contribution in [-0.2, 0) is 20.5 Å². The van der Waals surface area contributed by atoms with Crippen molar-refractivity contribution in [3.8, 4) is 17.3 Å². The zero-order valence-electron chi connectivity index (χ0n) is 12.5. The quantitative estimate of drug-likeness (QED) is 0.727. The molecule has 0 bridgehead atoms. The van der Waals surface area contributed by atoms with E-state index in [1.165, 1.54) is 0 Å². The maximum absolute atomic E-state index is 11.3. The molecule has 1 aromatic carbocycles. The van der Waals surface area contributed by atoms with Crippen LogP contribution in [0, 0.1) is 11.3 Å². The molecule has 0 saturated carbocycles. The van der Waals surface area contributed by atoms with E-state index >= 15 is 0 Å². The highest BCUT2D eigenvalue weighted by atomic mass is 32.2. The second-order valence-electron chi connectivity index (χ2n) is 5.78. The molecule has 3 N–H and O–H groups in total. The van der Waals surface area contributed by atoms with Crippen LogP contribution in [0.1, 0.15) is 25.1 Å². The van der Waals surface area contributed by atoms with E-state index < -0.39 is 21.3 Å². The molecular formula is C15H15N3O4S. The molecule has 1 aliphatic rings. The Labute approximate surface area is 133 Å². The van der Waals surface area contributed by atoms with E-state index in [4.69, 9.17) is 10.00 Å². The van der Waals surface area contributed by atoms with Crippen LogP contribution in [0.3, 0.4) is 0 Å². The Kier molecular flexibility index (Phi) is 3.44. The average molecular weight is 333 g/mol. The van der Waals surface area contributed by atoms with E-state index in [1.807, 2.05) is 12.1 Å². The first-order valence-electron chi connectivity index (χ1n) is 6.85. The van der Waals surface area contributed by atoms with Crippen molar-refractivity contribution in [2.45, 2.75) is 25.0 Å². The summed E-state index contributed by atoms with van der Waals surface area (Å²) in [5.74, 6) is 0. The predicted octanol–water partition coefficient (Wildman–Crippen LogP) is 2.40. The van der Waals surface area contributed by atoms with E-state index in [0.717, 1.165) is 16.8 Å². The summed E-state index contributed by atoms with van der Waals surface area (Å²) >= 11 is 0. The van der Waals surface area contributed by atoms with Crippen molar-refractivity contribution in [3.05, 3.63) is 41.6 Å². The van der Waals surface area contributed by atoms with Crippen molar-refractivity contribution >= 4 is 15.8 Å². The summed E-state index contributed by atoms with van der Waals surface area (Å²) in [6.45, 7) is 3.45. The normalized spacial score (nSPS) is 19.5. The molecule has 7 nitrogen and oxygen atoms in total. The number of hydrogen-bond acceptors (Lipinski definition) is 5. The molecule has 0 aliphatic carbocycles. The molecule has 2 heterocycles. The Balaban J connectivity index is 2.05. The molecule has 0 fully saturated rings. The van der Waals surface area contributed by atoms with Crippen molar-refractivity contribution < 1.29 is 17.7 Å². The lowest BCUT2D eigenvalue weighted by atomic mass is 9.92. The molecule has 23 heavy (non-hydrogen) atoms. The number of fused-ring (bicyclic) bond motifs is 1. The zero-order chi connectivity index (χ0) is 16.8. The Morgan fingerprint density at radius 1 is 1.30 bits per heavy atom. The van der Waals surface area contributed by atoms with E-state index in [1.54, 1.807) is 38.1 Å². The van der Waals surface area contributed by atoms with Gasteiger partial charge in [0.25, 0.3) is 5.56 Å². The summed E-state index contributed by atoms with van der Waals surface area (Å²) in [4.78, 5) is 2.99. The topological polar surface area (TPSA) is 115 Å². The lowest BCUT2D eigenvalue weighted by molar-refractivity contribution is -0.0406. The van der Waals surface area contributed by atoms with E-state index in [-0.39, 0.29) is 0 Å². The van der Waals surface area contributed by atoms with Gasteiger partial charge in [0, 0.05) is 16.9 Å². The minimum absolute atomic E-state index is 0.456. The molecule has 8 heteroatoms. The summed E-state index contributed by atoms with van der Waals surface area (Å²) in [7, 11) is -4.38. The summed E-state index contributed by atoms with van der Waals surface area (Å²) in [5, 5.41) is 11.6. The van der Waals surface area contributed by atoms with Crippen LogP contribution in [0.15, 0.2) is 30.3 Å². The average Bonchev–Trinajstić information content (AvgIpc) is 2.94. The van der Waals surface area contributed by atoms with Crippen LogP contribution in [0.2, 0.25) is 0 Å². The standard InChI is InChI=1S/C15H15N3O4S/c1-15(2)11-7-9(12-6-4-10(8-16)17-12)3-5-13(11)18-14(22-15)23(19,20)21/h3-7,14,17-18H,1-2H3,(H,19,20,21). The van der Waals surface area contributed by atoms with Crippen molar-refractivity contribution in [2.24, 2.45) is 0 Å². The maximum atomic E-state index is 11.3. The Bertz CT molecular complexity index is 909. The van der Waals surface area contributed by atoms with Crippen LogP contribution in [-0.4, -0.2) is 23.5 Å². The van der Waals surface area contributed by atoms with Gasteiger partial charge in [-0.15, -0.1) is 0 Å². The summed E-state index contributed by atoms with van der Waals surface area (Å²) in [6, 6.07) is 10.9. The molecule has 3 rings (SSSR count). The third-order valence-electron chi connectivity index (χ3n) is 3.73. The van der Waals surface area contributed by atoms with Gasteiger partial charge in [0.2, 0.25) is 0 Å². The highest BCUT2D eigenvalue weighted by Crippen LogP contribution is 2.39. The molecule has 0 radical (unpaired) electrons. The SMILES string of the molecule is CC1(C)OC(S(=O)(=O)O)Nc2ccc(-c3ccc(C#N)[nH]3)cc21. The van der Waals surface area contributed by atoms with Gasteiger partial charge in [0.1, 0.15) is 11.8 Å². The fourth-order valence-corrected chi connectivity index (χ4v) is 3.23. The van der Waals surface area contributed by atoms with Crippen molar-refractivity contribution in [2.75, 3.05) is 5.32 Å². The molecule has 120 valence electrons. The first kappa shape index (κ1) is 15.6. The number of nitriles is 1. The van der Waals surface area contributed by atoms with Crippen LogP contribution in [0.25, 0.3) is 11.3 Å². The number of nitrogens with zero attached hydrogens (tertiary/aromatic N) is 1. The number of benzene rings is 1. The highest BCUT2D eigenvalue weighted by molar-refractivity contribution is 7.86. The predicted molar refractivity (Wildman–Crippen MR) is 84.0 cm³/mol. The van der Waals surface area contributed by atoms with Gasteiger partial charge in [-0.05, 0) is 43.7 Å². The third kappa shape index (κ3) is 2.82. The number of ether oxygens (including phenoxy) is 1. The Morgan fingerprint density at radius 3 is 2.65 bits per heavy atom. The molecule has 0 amide bonds. The van der Waals surface area contributed by atoms with E-state index in [9.17, 15) is 13.0 Å². The summed E-state index contributed by atoms with van der Waals surface area (Å²) in [6.07, 6.45) is 0. The number of hydrogen-bond donors (Lipinski definition) is 3. The Morgan fingerprint density at radius 2 is 2.04 bits per heavy atom. The van der Waals surface area contributed by atoms with Crippen LogP contribution >= 0.6 is 0 Å². The van der Waals surface area contributed by atoms with Gasteiger partial charge < -0.3 is 15.0 Å². The molecule has 1 aliphatic heterocycles. The van der Waals surface area contributed by atoms with Crippen LogP contribution in [0.5, 0.6) is 0 Å². The number of rotatable bonds is 2. The van der Waals surface area contributed by atoms with Gasteiger partial charge in [-0.25, -0.2) is 0 Å². The Hall–Kier alpha value is -2.34. The van der Waals surface area contributed by atoms with Gasteiger partial charge >= 0.3 is 10.1 Å². The molecule has 2 aromatic rings. The van der Waals surface area contributed by atoms with Crippen LogP contribution in [0.4, 0.5) is 5.69 Å². The zero-order valence-corrected chi connectivity index (χ0v) is 13.3. The summed E-state index contributed by atoms with van der Waals surface area (Å²) in [5.41, 5.74) is 0.972. The lowest BCUT2D eigenvalue weighted by Gasteiger charge is -2.37. The number of aromatic amines is 1. The molecular weight excluding hydrogens is 318 g/mol. The van der Waals surface area contributed by atoms with E-state index in [0.29, 0.717) is 11.4 Å². The highest BCUT2D eigenvalue weighted by Gasteiger charge is 2.39. The molecule has 1 unspecified atom stereocenters. The molecule has 1 atom stereocenters. The minimum atomic E-state index is -4.38. The van der Waals surface area contributed by atoms with Gasteiger partial charge in [0.15, 0.2) is 0 Å². The number of anilines is 1. The van der Waals surface area contributed by atoms with Gasteiger partial charge in [-0.3, -0.25) is 4.55 Å². The largest absolute Gasteiger partial charge is 0.346 e. The fraction of sp³-hybridized carbons (Fsp3) is 0.267. The molecule has 0 spiro atoms.